The molecule has 0 bridgehead atoms. The fourth-order valence-corrected chi connectivity index (χ4v) is 1.57. The number of hydrogen-bond donors (Lipinski definition) is 1. The Kier molecular flexibility index (Phi) is 2.92. The Bertz CT molecular complexity index is 453. The summed E-state index contributed by atoms with van der Waals surface area (Å²) in [6.45, 7) is 0. The number of methoxy groups -OCH3 is 1. The fourth-order valence-electron chi connectivity index (χ4n) is 1.43. The molecule has 0 atom stereocenters. The quantitative estimate of drug-likeness (QED) is 0.811. The number of nitrogens with zero attached hydrogens (tertiary/aromatic N) is 1. The lowest BCUT2D eigenvalue weighted by Gasteiger charge is -2.05. The van der Waals surface area contributed by atoms with Crippen LogP contribution in [0, 0.1) is 0 Å². The minimum Gasteiger partial charge on any atom is -0.496 e. The van der Waals surface area contributed by atoms with E-state index in [4.69, 9.17) is 16.3 Å². The smallest absolute Gasteiger partial charge is 0.128 e. The molecule has 0 fully saturated rings. The second kappa shape index (κ2) is 4.36. The van der Waals surface area contributed by atoms with Gasteiger partial charge in [0.1, 0.15) is 11.6 Å². The van der Waals surface area contributed by atoms with E-state index in [-0.39, 0.29) is 0 Å². The zero-order valence-electron chi connectivity index (χ0n) is 8.33. The first kappa shape index (κ1) is 10.1. The number of imidazole rings is 1. The number of benzene rings is 1. The van der Waals surface area contributed by atoms with Gasteiger partial charge in [-0.3, -0.25) is 0 Å². The van der Waals surface area contributed by atoms with Crippen molar-refractivity contribution in [2.45, 2.75) is 5.88 Å². The van der Waals surface area contributed by atoms with E-state index in [9.17, 15) is 0 Å². The molecule has 1 aromatic heterocycles. The van der Waals surface area contributed by atoms with Gasteiger partial charge < -0.3 is 9.72 Å². The van der Waals surface area contributed by atoms with Crippen molar-refractivity contribution in [2.75, 3.05) is 7.11 Å². The topological polar surface area (TPSA) is 37.9 Å². The maximum atomic E-state index is 5.68. The van der Waals surface area contributed by atoms with E-state index in [1.807, 2.05) is 24.3 Å². The Labute approximate surface area is 93.1 Å². The molecule has 0 amide bonds. The van der Waals surface area contributed by atoms with Crippen LogP contribution in [0.4, 0.5) is 0 Å². The van der Waals surface area contributed by atoms with Gasteiger partial charge in [-0.25, -0.2) is 4.98 Å². The molecule has 1 aromatic carbocycles. The van der Waals surface area contributed by atoms with Crippen molar-refractivity contribution < 1.29 is 4.74 Å². The number of aromatic amines is 1. The summed E-state index contributed by atoms with van der Waals surface area (Å²) in [5.74, 6) is 1.97. The Hall–Kier alpha value is -1.48. The van der Waals surface area contributed by atoms with Crippen LogP contribution in [-0.2, 0) is 5.88 Å². The molecule has 1 heterocycles. The summed E-state index contributed by atoms with van der Waals surface area (Å²) in [5, 5.41) is 0. The molecule has 0 spiro atoms. The summed E-state index contributed by atoms with van der Waals surface area (Å²) >= 11 is 5.68. The molecule has 0 aliphatic rings. The number of nitrogens with one attached hydrogen (secondary N) is 1. The molecular weight excluding hydrogens is 212 g/mol. The van der Waals surface area contributed by atoms with Crippen molar-refractivity contribution in [3.8, 4) is 17.0 Å². The van der Waals surface area contributed by atoms with Crippen LogP contribution in [0.2, 0.25) is 0 Å². The number of aromatic nitrogens is 2. The number of para-hydroxylation sites is 1. The third kappa shape index (κ3) is 1.97. The molecule has 15 heavy (non-hydrogen) atoms. The molecule has 0 saturated heterocycles. The van der Waals surface area contributed by atoms with Gasteiger partial charge in [0.2, 0.25) is 0 Å². The third-order valence-corrected chi connectivity index (χ3v) is 2.41. The monoisotopic (exact) mass is 222 g/mol. The lowest BCUT2D eigenvalue weighted by Crippen LogP contribution is -1.87. The lowest BCUT2D eigenvalue weighted by molar-refractivity contribution is 0.416. The molecule has 0 aliphatic heterocycles. The van der Waals surface area contributed by atoms with Crippen molar-refractivity contribution in [1.29, 1.82) is 0 Å². The van der Waals surface area contributed by atoms with Gasteiger partial charge in [-0.1, -0.05) is 12.1 Å². The van der Waals surface area contributed by atoms with Gasteiger partial charge in [0.15, 0.2) is 0 Å². The van der Waals surface area contributed by atoms with Crippen LogP contribution in [0.3, 0.4) is 0 Å². The van der Waals surface area contributed by atoms with E-state index in [0.29, 0.717) is 5.88 Å². The third-order valence-electron chi connectivity index (χ3n) is 2.15. The van der Waals surface area contributed by atoms with Crippen LogP contribution in [0.1, 0.15) is 5.82 Å². The zero-order chi connectivity index (χ0) is 10.7. The molecular formula is C11H11ClN2O. The second-order valence-corrected chi connectivity index (χ2v) is 3.34. The fraction of sp³-hybridized carbons (Fsp3) is 0.182. The molecule has 0 unspecified atom stereocenters. The molecule has 78 valence electrons. The maximum absolute atomic E-state index is 5.68. The van der Waals surface area contributed by atoms with Gasteiger partial charge in [-0.15, -0.1) is 11.6 Å². The molecule has 3 nitrogen and oxygen atoms in total. The number of halogens is 1. The SMILES string of the molecule is COc1ccccc1-c1cnc(CCl)[nH]1. The Balaban J connectivity index is 2.44. The molecule has 1 N–H and O–H groups in total. The van der Waals surface area contributed by atoms with Crippen LogP contribution in [0.15, 0.2) is 30.5 Å². The van der Waals surface area contributed by atoms with E-state index in [2.05, 4.69) is 9.97 Å². The van der Waals surface area contributed by atoms with Crippen LogP contribution < -0.4 is 4.74 Å². The number of ether oxygens (including phenoxy) is 1. The summed E-state index contributed by atoms with van der Waals surface area (Å²) in [5.41, 5.74) is 1.91. The average molecular weight is 223 g/mol. The highest BCUT2D eigenvalue weighted by Crippen LogP contribution is 2.27. The zero-order valence-corrected chi connectivity index (χ0v) is 9.08. The summed E-state index contributed by atoms with van der Waals surface area (Å²) in [6.07, 6.45) is 1.76. The van der Waals surface area contributed by atoms with Crippen LogP contribution in [0.25, 0.3) is 11.3 Å². The van der Waals surface area contributed by atoms with Gasteiger partial charge in [0.05, 0.1) is 24.9 Å². The first-order chi connectivity index (χ1) is 7.35. The summed E-state index contributed by atoms with van der Waals surface area (Å²) in [4.78, 5) is 7.27. The van der Waals surface area contributed by atoms with Crippen LogP contribution >= 0.6 is 11.6 Å². The average Bonchev–Trinajstić information content (AvgIpc) is 2.77. The van der Waals surface area contributed by atoms with Crippen molar-refractivity contribution >= 4 is 11.6 Å². The highest BCUT2D eigenvalue weighted by atomic mass is 35.5. The largest absolute Gasteiger partial charge is 0.496 e. The summed E-state index contributed by atoms with van der Waals surface area (Å²) in [6, 6.07) is 7.78. The minimum absolute atomic E-state index is 0.384. The van der Waals surface area contributed by atoms with E-state index >= 15 is 0 Å². The number of alkyl halides is 1. The highest BCUT2D eigenvalue weighted by molar-refractivity contribution is 6.16. The number of rotatable bonds is 3. The molecule has 4 heteroatoms. The van der Waals surface area contributed by atoms with Crippen molar-refractivity contribution in [3.05, 3.63) is 36.3 Å². The van der Waals surface area contributed by atoms with Gasteiger partial charge in [0.25, 0.3) is 0 Å². The summed E-state index contributed by atoms with van der Waals surface area (Å²) in [7, 11) is 1.65. The van der Waals surface area contributed by atoms with Gasteiger partial charge in [-0.2, -0.15) is 0 Å². The van der Waals surface area contributed by atoms with E-state index in [1.165, 1.54) is 0 Å². The first-order valence-corrected chi connectivity index (χ1v) is 5.12. The maximum Gasteiger partial charge on any atom is 0.128 e. The molecule has 0 saturated carbocycles. The van der Waals surface area contributed by atoms with Crippen LogP contribution in [0.5, 0.6) is 5.75 Å². The normalized spacial score (nSPS) is 10.3. The Morgan fingerprint density at radius 3 is 2.87 bits per heavy atom. The van der Waals surface area contributed by atoms with Crippen LogP contribution in [-0.4, -0.2) is 17.1 Å². The highest BCUT2D eigenvalue weighted by Gasteiger charge is 2.07. The summed E-state index contributed by atoms with van der Waals surface area (Å²) < 4.78 is 5.26. The second-order valence-electron chi connectivity index (χ2n) is 3.08. The predicted octanol–water partition coefficient (Wildman–Crippen LogP) is 2.82. The first-order valence-electron chi connectivity index (χ1n) is 4.58. The molecule has 2 rings (SSSR count). The Morgan fingerprint density at radius 2 is 2.20 bits per heavy atom. The lowest BCUT2D eigenvalue weighted by atomic mass is 10.1. The molecule has 2 aromatic rings. The van der Waals surface area contributed by atoms with E-state index in [1.54, 1.807) is 13.3 Å². The van der Waals surface area contributed by atoms with Crippen molar-refractivity contribution in [1.82, 2.24) is 9.97 Å². The standard InChI is InChI=1S/C11H11ClN2O/c1-15-10-5-3-2-4-8(10)9-7-13-11(6-12)14-9/h2-5,7H,6H2,1H3,(H,13,14). The van der Waals surface area contributed by atoms with E-state index in [0.717, 1.165) is 22.8 Å². The number of H-pyrrole nitrogens is 1. The van der Waals surface area contributed by atoms with Gasteiger partial charge >= 0.3 is 0 Å². The van der Waals surface area contributed by atoms with Gasteiger partial charge in [0, 0.05) is 5.56 Å². The molecule has 0 aliphatic carbocycles. The van der Waals surface area contributed by atoms with E-state index < -0.39 is 0 Å². The Morgan fingerprint density at radius 1 is 1.40 bits per heavy atom. The molecule has 0 radical (unpaired) electrons. The number of hydrogen-bond acceptors (Lipinski definition) is 2. The van der Waals surface area contributed by atoms with Crippen molar-refractivity contribution in [2.24, 2.45) is 0 Å². The van der Waals surface area contributed by atoms with Crippen molar-refractivity contribution in [3.63, 3.8) is 0 Å². The van der Waals surface area contributed by atoms with Gasteiger partial charge in [-0.05, 0) is 12.1 Å². The minimum atomic E-state index is 0.384. The predicted molar refractivity (Wildman–Crippen MR) is 60.1 cm³/mol.